The van der Waals surface area contributed by atoms with E-state index in [9.17, 15) is 9.59 Å². The Morgan fingerprint density at radius 1 is 1.09 bits per heavy atom. The highest BCUT2D eigenvalue weighted by Gasteiger charge is 2.28. The Labute approximate surface area is 277 Å². The minimum absolute atomic E-state index is 0.0472. The number of carbonyl (C=O) groups is 1. The van der Waals surface area contributed by atoms with Crippen molar-refractivity contribution in [1.82, 2.24) is 30.6 Å². The van der Waals surface area contributed by atoms with E-state index in [4.69, 9.17) is 9.47 Å². The molecule has 6 rings (SSSR count). The van der Waals surface area contributed by atoms with Crippen molar-refractivity contribution >= 4 is 17.2 Å². The zero-order valence-corrected chi connectivity index (χ0v) is 27.9. The van der Waals surface area contributed by atoms with Crippen LogP contribution in [0.5, 0.6) is 11.5 Å². The summed E-state index contributed by atoms with van der Waals surface area (Å²) in [7, 11) is 0. The molecule has 2 aliphatic heterocycles. The molecule has 248 valence electrons. The minimum Gasteiger partial charge on any atom is -0.457 e. The van der Waals surface area contributed by atoms with Gasteiger partial charge in [-0.2, -0.15) is 5.10 Å². The normalized spacial score (nSPS) is 16.4. The summed E-state index contributed by atoms with van der Waals surface area (Å²) in [5, 5.41) is 20.0. The van der Waals surface area contributed by atoms with Crippen molar-refractivity contribution in [2.24, 2.45) is 0 Å². The number of likely N-dealkylation sites (tertiary alicyclic amines) is 1. The first-order valence-electron chi connectivity index (χ1n) is 16.4. The first-order valence-corrected chi connectivity index (χ1v) is 17.2. The van der Waals surface area contributed by atoms with Gasteiger partial charge in [-0.25, -0.2) is 9.49 Å². The van der Waals surface area contributed by atoms with Crippen molar-refractivity contribution in [2.75, 3.05) is 26.3 Å². The second-order valence-corrected chi connectivity index (χ2v) is 13.5. The number of aromatic nitrogens is 4. The van der Waals surface area contributed by atoms with Gasteiger partial charge in [-0.15, -0.1) is 10.2 Å². The lowest BCUT2D eigenvalue weighted by Crippen LogP contribution is -2.49. The Hall–Kier alpha value is -4.00. The molecule has 1 amide bonds. The van der Waals surface area contributed by atoms with Crippen LogP contribution in [0, 0.1) is 5.82 Å². The lowest BCUT2D eigenvalue weighted by Gasteiger charge is -2.39. The number of amides is 1. The fourth-order valence-electron chi connectivity index (χ4n) is 6.11. The number of aromatic amines is 1. The average Bonchev–Trinajstić information content (AvgIpc) is 3.59. The Bertz CT molecular complexity index is 1740. The number of carbonyl (C=O) groups excluding carboxylic acids is 1. The molecule has 0 saturated carbocycles. The molecule has 2 N–H and O–H groups in total. The van der Waals surface area contributed by atoms with E-state index in [1.54, 1.807) is 29.5 Å². The molecule has 47 heavy (non-hydrogen) atoms. The number of nitrogens with zero attached hydrogens (tertiary/aromatic N) is 4. The van der Waals surface area contributed by atoms with Crippen LogP contribution in [0.3, 0.4) is 0 Å². The summed E-state index contributed by atoms with van der Waals surface area (Å²) >= 11 is 1.55. The van der Waals surface area contributed by atoms with E-state index < -0.39 is 11.7 Å². The van der Waals surface area contributed by atoms with E-state index in [-0.39, 0.29) is 29.5 Å². The zero-order chi connectivity index (χ0) is 32.9. The maximum Gasteiger partial charge on any atom is 0.267 e. The Morgan fingerprint density at radius 3 is 2.51 bits per heavy atom. The molecule has 4 aromatic rings. The molecule has 0 bridgehead atoms. The Kier molecular flexibility index (Phi) is 10.4. The molecule has 0 radical (unpaired) electrons. The molecular formula is C35H41FN6O4S. The third-order valence-corrected chi connectivity index (χ3v) is 10.2. The number of piperidine rings is 1. The first-order chi connectivity index (χ1) is 22.8. The lowest BCUT2D eigenvalue weighted by atomic mass is 9.98. The predicted molar refractivity (Wildman–Crippen MR) is 179 cm³/mol. The van der Waals surface area contributed by atoms with E-state index >= 15 is 4.39 Å². The number of aryl methyl sites for hydroxylation is 1. The summed E-state index contributed by atoms with van der Waals surface area (Å²) in [4.78, 5) is 28.6. The molecule has 4 heterocycles. The van der Waals surface area contributed by atoms with Crippen LogP contribution < -0.4 is 15.6 Å². The highest BCUT2D eigenvalue weighted by Crippen LogP contribution is 2.33. The third-order valence-electron chi connectivity index (χ3n) is 8.91. The van der Waals surface area contributed by atoms with E-state index in [2.05, 4.69) is 44.5 Å². The Balaban J connectivity index is 1.23. The van der Waals surface area contributed by atoms with Gasteiger partial charge in [0.2, 0.25) is 0 Å². The summed E-state index contributed by atoms with van der Waals surface area (Å²) in [6, 6.07) is 12.3. The fourth-order valence-corrected chi connectivity index (χ4v) is 6.96. The van der Waals surface area contributed by atoms with Gasteiger partial charge >= 0.3 is 0 Å². The predicted octanol–water partition coefficient (Wildman–Crippen LogP) is 5.87. The van der Waals surface area contributed by atoms with E-state index in [0.717, 1.165) is 67.6 Å². The molecule has 12 heteroatoms. The molecule has 0 spiro atoms. The van der Waals surface area contributed by atoms with Gasteiger partial charge in [-0.05, 0) is 74.6 Å². The third kappa shape index (κ3) is 7.94. The molecule has 0 atom stereocenters. The fraction of sp³-hybridized carbons (Fsp3) is 0.457. The maximum absolute atomic E-state index is 15.7. The molecule has 0 aliphatic carbocycles. The summed E-state index contributed by atoms with van der Waals surface area (Å²) in [6.45, 7) is 9.46. The molecular weight excluding hydrogens is 619 g/mol. The van der Waals surface area contributed by atoms with Gasteiger partial charge in [0.15, 0.2) is 0 Å². The van der Waals surface area contributed by atoms with Crippen LogP contribution in [-0.2, 0) is 17.6 Å². The van der Waals surface area contributed by atoms with Crippen LogP contribution in [-0.4, -0.2) is 69.6 Å². The van der Waals surface area contributed by atoms with Gasteiger partial charge in [0.25, 0.3) is 11.5 Å². The minimum atomic E-state index is -0.668. The Morgan fingerprint density at radius 2 is 1.83 bits per heavy atom. The number of ether oxygens (including phenoxy) is 2. The zero-order valence-electron chi connectivity index (χ0n) is 27.1. The highest BCUT2D eigenvalue weighted by molar-refractivity contribution is 7.14. The summed E-state index contributed by atoms with van der Waals surface area (Å²) in [6.07, 6.45) is 4.41. The highest BCUT2D eigenvalue weighted by atomic mass is 32.1. The van der Waals surface area contributed by atoms with Crippen LogP contribution in [0.15, 0.2) is 47.3 Å². The largest absolute Gasteiger partial charge is 0.457 e. The second-order valence-electron chi connectivity index (χ2n) is 12.5. The second kappa shape index (κ2) is 14.8. The van der Waals surface area contributed by atoms with Gasteiger partial charge < -0.3 is 19.7 Å². The van der Waals surface area contributed by atoms with Crippen molar-refractivity contribution in [3.63, 3.8) is 0 Å². The molecule has 10 nitrogen and oxygen atoms in total. The molecule has 2 aromatic carbocycles. The first kappa shape index (κ1) is 32.9. The van der Waals surface area contributed by atoms with Gasteiger partial charge in [0.05, 0.1) is 11.3 Å². The number of benzene rings is 2. The molecule has 0 unspecified atom stereocenters. The van der Waals surface area contributed by atoms with E-state index in [1.807, 2.05) is 19.1 Å². The van der Waals surface area contributed by atoms with Crippen molar-refractivity contribution < 1.29 is 18.7 Å². The standard InChI is InChI=1S/C35H41FN6O4S/c1-4-25-18-24(32(43)39-38-25)17-23-19-30(36)29(33(44)37-26-9-13-42(14-10-26)27-11-15-45-16-12-27)20-31(23)46-28-7-5-22(6-8-28)35-41-40-34(47-35)21(2)3/h5-8,18-21,26-27H,4,9-17H2,1-3H3,(H,37,44)(H,39,43). The summed E-state index contributed by atoms with van der Waals surface area (Å²) in [5.74, 6) is -0.0618. The average molecular weight is 661 g/mol. The van der Waals surface area contributed by atoms with Gasteiger partial charge in [0, 0.05) is 67.4 Å². The lowest BCUT2D eigenvalue weighted by molar-refractivity contribution is 0.0238. The van der Waals surface area contributed by atoms with Crippen LogP contribution >= 0.6 is 11.3 Å². The summed E-state index contributed by atoms with van der Waals surface area (Å²) in [5.41, 5.74) is 2.04. The van der Waals surface area contributed by atoms with Crippen molar-refractivity contribution in [2.45, 2.75) is 77.3 Å². The monoisotopic (exact) mass is 660 g/mol. The van der Waals surface area contributed by atoms with Crippen LogP contribution in [0.1, 0.15) is 84.6 Å². The van der Waals surface area contributed by atoms with E-state index in [1.165, 1.54) is 12.1 Å². The molecule has 2 fully saturated rings. The van der Waals surface area contributed by atoms with E-state index in [0.29, 0.717) is 40.8 Å². The van der Waals surface area contributed by atoms with Gasteiger partial charge in [-0.1, -0.05) is 32.1 Å². The summed E-state index contributed by atoms with van der Waals surface area (Å²) < 4.78 is 27.5. The number of halogens is 1. The number of H-pyrrole nitrogens is 1. The van der Waals surface area contributed by atoms with Crippen molar-refractivity contribution in [1.29, 1.82) is 0 Å². The van der Waals surface area contributed by atoms with Crippen molar-refractivity contribution in [3.8, 4) is 22.1 Å². The van der Waals surface area contributed by atoms with Gasteiger partial charge in [0.1, 0.15) is 27.3 Å². The molecule has 2 aromatic heterocycles. The van der Waals surface area contributed by atoms with Crippen LogP contribution in [0.2, 0.25) is 0 Å². The quantitative estimate of drug-likeness (QED) is 0.217. The SMILES string of the molecule is CCc1cc(Cc2cc(F)c(C(=O)NC3CCN(C4CCOCC4)CC3)cc2Oc2ccc(-c3nnc(C(C)C)s3)cc2)c(=O)[nH]n1. The topological polar surface area (TPSA) is 122 Å². The maximum atomic E-state index is 15.7. The van der Waals surface area contributed by atoms with Crippen molar-refractivity contribution in [3.05, 3.63) is 86.0 Å². The number of rotatable bonds is 10. The molecule has 2 aliphatic rings. The van der Waals surface area contributed by atoms with Gasteiger partial charge in [-0.3, -0.25) is 9.59 Å². The number of nitrogens with one attached hydrogen (secondary N) is 2. The number of hydrogen-bond acceptors (Lipinski definition) is 9. The smallest absolute Gasteiger partial charge is 0.267 e. The molecule has 2 saturated heterocycles. The number of hydrogen-bond donors (Lipinski definition) is 2. The van der Waals surface area contributed by atoms with Crippen LogP contribution in [0.25, 0.3) is 10.6 Å². The van der Waals surface area contributed by atoms with Crippen LogP contribution in [0.4, 0.5) is 4.39 Å².